The van der Waals surface area contributed by atoms with Crippen LogP contribution < -0.4 is 5.32 Å². The number of halogens is 1. The molecule has 0 amide bonds. The van der Waals surface area contributed by atoms with Crippen molar-refractivity contribution < 1.29 is 4.39 Å². The first-order chi connectivity index (χ1) is 7.81. The standard InChI is InChI=1S/C10H10FN3S2/c1-12-5-7-8(11)3-2-4-9(7)16-10-14-13-6-15-10/h2-4,6,12H,5H2,1H3. The van der Waals surface area contributed by atoms with Gasteiger partial charge in [-0.2, -0.15) is 0 Å². The molecule has 0 atom stereocenters. The molecule has 0 aliphatic heterocycles. The van der Waals surface area contributed by atoms with Gasteiger partial charge in [-0.3, -0.25) is 0 Å². The van der Waals surface area contributed by atoms with Gasteiger partial charge in [-0.1, -0.05) is 29.2 Å². The van der Waals surface area contributed by atoms with Crippen molar-refractivity contribution in [3.63, 3.8) is 0 Å². The smallest absolute Gasteiger partial charge is 0.178 e. The van der Waals surface area contributed by atoms with E-state index in [4.69, 9.17) is 0 Å². The Morgan fingerprint density at radius 2 is 2.38 bits per heavy atom. The van der Waals surface area contributed by atoms with Crippen molar-refractivity contribution in [2.75, 3.05) is 7.05 Å². The molecule has 84 valence electrons. The van der Waals surface area contributed by atoms with Crippen LogP contribution in [0.15, 0.2) is 32.9 Å². The van der Waals surface area contributed by atoms with E-state index in [1.54, 1.807) is 18.6 Å². The highest BCUT2D eigenvalue weighted by molar-refractivity contribution is 8.01. The molecule has 1 aromatic carbocycles. The maximum atomic E-state index is 13.6. The Hall–Kier alpha value is -0.980. The summed E-state index contributed by atoms with van der Waals surface area (Å²) in [5.41, 5.74) is 2.34. The number of hydrogen-bond acceptors (Lipinski definition) is 5. The van der Waals surface area contributed by atoms with Gasteiger partial charge in [0, 0.05) is 17.0 Å². The van der Waals surface area contributed by atoms with Crippen LogP contribution in [0.4, 0.5) is 4.39 Å². The maximum absolute atomic E-state index is 13.6. The maximum Gasteiger partial charge on any atom is 0.178 e. The minimum absolute atomic E-state index is 0.191. The van der Waals surface area contributed by atoms with Crippen LogP contribution in [0.3, 0.4) is 0 Å². The molecule has 0 unspecified atom stereocenters. The second-order valence-corrected chi connectivity index (χ2v) is 5.18. The lowest BCUT2D eigenvalue weighted by atomic mass is 10.2. The first-order valence-electron chi connectivity index (χ1n) is 4.67. The molecule has 0 radical (unpaired) electrons. The lowest BCUT2D eigenvalue weighted by Gasteiger charge is -2.07. The number of aromatic nitrogens is 2. The molecular weight excluding hydrogens is 245 g/mol. The topological polar surface area (TPSA) is 37.8 Å². The molecule has 2 rings (SSSR count). The first kappa shape index (κ1) is 11.5. The summed E-state index contributed by atoms with van der Waals surface area (Å²) >= 11 is 2.89. The molecule has 0 saturated heterocycles. The molecule has 1 N–H and O–H groups in total. The van der Waals surface area contributed by atoms with E-state index >= 15 is 0 Å². The SMILES string of the molecule is CNCc1c(F)cccc1Sc1nncs1. The molecule has 0 fully saturated rings. The Morgan fingerprint density at radius 3 is 3.06 bits per heavy atom. The van der Waals surface area contributed by atoms with Gasteiger partial charge in [0.2, 0.25) is 0 Å². The summed E-state index contributed by atoms with van der Waals surface area (Å²) in [5.74, 6) is -0.191. The molecule has 0 aliphatic rings. The average molecular weight is 255 g/mol. The van der Waals surface area contributed by atoms with Gasteiger partial charge in [0.05, 0.1) is 0 Å². The molecule has 2 aromatic rings. The lowest BCUT2D eigenvalue weighted by Crippen LogP contribution is -2.08. The summed E-state index contributed by atoms with van der Waals surface area (Å²) in [5, 5.41) is 10.6. The van der Waals surface area contributed by atoms with Crippen LogP contribution in [0.1, 0.15) is 5.56 Å². The molecule has 0 saturated carbocycles. The highest BCUT2D eigenvalue weighted by Crippen LogP contribution is 2.32. The highest BCUT2D eigenvalue weighted by Gasteiger charge is 2.10. The van der Waals surface area contributed by atoms with Crippen LogP contribution >= 0.6 is 23.1 Å². The van der Waals surface area contributed by atoms with E-state index in [0.717, 1.165) is 9.24 Å². The van der Waals surface area contributed by atoms with Crippen molar-refractivity contribution in [1.29, 1.82) is 0 Å². The van der Waals surface area contributed by atoms with Gasteiger partial charge in [-0.05, 0) is 19.2 Å². The number of hydrogen-bond donors (Lipinski definition) is 1. The fraction of sp³-hybridized carbons (Fsp3) is 0.200. The molecule has 1 aromatic heterocycles. The molecule has 3 nitrogen and oxygen atoms in total. The predicted molar refractivity (Wildman–Crippen MR) is 63.2 cm³/mol. The van der Waals surface area contributed by atoms with Crippen molar-refractivity contribution >= 4 is 23.1 Å². The highest BCUT2D eigenvalue weighted by atomic mass is 32.2. The molecule has 0 bridgehead atoms. The third-order valence-corrected chi connectivity index (χ3v) is 3.85. The number of nitrogens with zero attached hydrogens (tertiary/aromatic N) is 2. The Labute approximate surface area is 101 Å². The minimum Gasteiger partial charge on any atom is -0.316 e. The van der Waals surface area contributed by atoms with E-state index in [-0.39, 0.29) is 5.82 Å². The van der Waals surface area contributed by atoms with Crippen LogP contribution in [0, 0.1) is 5.82 Å². The molecule has 16 heavy (non-hydrogen) atoms. The summed E-state index contributed by atoms with van der Waals surface area (Å²) in [6.45, 7) is 0.508. The average Bonchev–Trinajstić information content (AvgIpc) is 2.76. The van der Waals surface area contributed by atoms with E-state index in [1.165, 1.54) is 29.2 Å². The molecule has 0 aliphatic carbocycles. The predicted octanol–water partition coefficient (Wildman–Crippen LogP) is 2.55. The minimum atomic E-state index is -0.191. The molecule has 6 heteroatoms. The zero-order valence-electron chi connectivity index (χ0n) is 8.61. The van der Waals surface area contributed by atoms with Gasteiger partial charge in [0.1, 0.15) is 11.3 Å². The number of rotatable bonds is 4. The normalized spacial score (nSPS) is 10.6. The van der Waals surface area contributed by atoms with Gasteiger partial charge in [-0.25, -0.2) is 4.39 Å². The van der Waals surface area contributed by atoms with Crippen molar-refractivity contribution in [2.45, 2.75) is 15.8 Å². The van der Waals surface area contributed by atoms with Crippen molar-refractivity contribution in [3.05, 3.63) is 35.1 Å². The van der Waals surface area contributed by atoms with Crippen LogP contribution in [0.2, 0.25) is 0 Å². The Morgan fingerprint density at radius 1 is 1.50 bits per heavy atom. The molecule has 0 spiro atoms. The Kier molecular flexibility index (Phi) is 3.87. The summed E-state index contributed by atoms with van der Waals surface area (Å²) in [4.78, 5) is 0.881. The van der Waals surface area contributed by atoms with Gasteiger partial charge in [0.25, 0.3) is 0 Å². The summed E-state index contributed by atoms with van der Waals surface area (Å²) < 4.78 is 14.4. The largest absolute Gasteiger partial charge is 0.316 e. The Bertz CT molecular complexity index is 459. The van der Waals surface area contributed by atoms with Crippen LogP contribution in [-0.2, 0) is 6.54 Å². The number of nitrogens with one attached hydrogen (secondary N) is 1. The van der Waals surface area contributed by atoms with E-state index in [2.05, 4.69) is 15.5 Å². The zero-order valence-corrected chi connectivity index (χ0v) is 10.2. The Balaban J connectivity index is 2.29. The third kappa shape index (κ3) is 2.58. The summed E-state index contributed by atoms with van der Waals surface area (Å²) in [6.07, 6.45) is 0. The van der Waals surface area contributed by atoms with E-state index < -0.39 is 0 Å². The van der Waals surface area contributed by atoms with Crippen LogP contribution in [-0.4, -0.2) is 17.2 Å². The second kappa shape index (κ2) is 5.38. The second-order valence-electron chi connectivity index (χ2n) is 3.05. The zero-order chi connectivity index (χ0) is 11.4. The quantitative estimate of drug-likeness (QED) is 0.911. The van der Waals surface area contributed by atoms with Crippen molar-refractivity contribution in [2.24, 2.45) is 0 Å². The first-order valence-corrected chi connectivity index (χ1v) is 6.37. The summed E-state index contributed by atoms with van der Waals surface area (Å²) in [6, 6.07) is 5.07. The summed E-state index contributed by atoms with van der Waals surface area (Å²) in [7, 11) is 1.80. The molecule has 1 heterocycles. The van der Waals surface area contributed by atoms with E-state index in [0.29, 0.717) is 12.1 Å². The van der Waals surface area contributed by atoms with Crippen molar-refractivity contribution in [1.82, 2.24) is 15.5 Å². The number of benzene rings is 1. The van der Waals surface area contributed by atoms with E-state index in [1.807, 2.05) is 6.07 Å². The lowest BCUT2D eigenvalue weighted by molar-refractivity contribution is 0.594. The van der Waals surface area contributed by atoms with Gasteiger partial charge < -0.3 is 5.32 Å². The van der Waals surface area contributed by atoms with Crippen LogP contribution in [0.5, 0.6) is 0 Å². The van der Waals surface area contributed by atoms with Gasteiger partial charge in [0.15, 0.2) is 4.34 Å². The monoisotopic (exact) mass is 255 g/mol. The molecular formula is C10H10FN3S2. The fourth-order valence-electron chi connectivity index (χ4n) is 1.28. The fourth-order valence-corrected chi connectivity index (χ4v) is 2.87. The van der Waals surface area contributed by atoms with Crippen molar-refractivity contribution in [3.8, 4) is 0 Å². The van der Waals surface area contributed by atoms with Gasteiger partial charge >= 0.3 is 0 Å². The third-order valence-electron chi connectivity index (χ3n) is 1.97. The van der Waals surface area contributed by atoms with Gasteiger partial charge in [-0.15, -0.1) is 10.2 Å². The van der Waals surface area contributed by atoms with E-state index in [9.17, 15) is 4.39 Å². The van der Waals surface area contributed by atoms with Crippen LogP contribution in [0.25, 0.3) is 0 Å².